The number of nitrogens with two attached hydrogens (primary N) is 1. The zero-order valence-electron chi connectivity index (χ0n) is 19.1. The SMILES string of the molecule is Cc1c(-c2ncccc2C(=O)Nc2ccc(-c3ccccc3S(C)(=O)=O)cc2)ccc(NO)c1N. The van der Waals surface area contributed by atoms with E-state index < -0.39 is 9.84 Å². The van der Waals surface area contributed by atoms with E-state index in [0.717, 1.165) is 5.56 Å². The van der Waals surface area contributed by atoms with Crippen LogP contribution < -0.4 is 16.5 Å². The maximum Gasteiger partial charge on any atom is 0.257 e. The molecule has 4 rings (SSSR count). The van der Waals surface area contributed by atoms with Gasteiger partial charge in [0.1, 0.15) is 0 Å². The first-order chi connectivity index (χ1) is 16.7. The van der Waals surface area contributed by atoms with Crippen molar-refractivity contribution in [3.8, 4) is 22.4 Å². The Labute approximate surface area is 203 Å². The lowest BCUT2D eigenvalue weighted by atomic mass is 9.98. The van der Waals surface area contributed by atoms with Gasteiger partial charge in [0.25, 0.3) is 5.91 Å². The molecular formula is C26H24N4O4S. The van der Waals surface area contributed by atoms with Crippen LogP contribution in [0.1, 0.15) is 15.9 Å². The zero-order chi connectivity index (χ0) is 25.2. The van der Waals surface area contributed by atoms with Gasteiger partial charge in [-0.2, -0.15) is 0 Å². The Bertz CT molecular complexity index is 1520. The summed E-state index contributed by atoms with van der Waals surface area (Å²) in [6, 6.07) is 20.4. The number of carbonyl (C=O) groups excluding carboxylic acids is 1. The minimum Gasteiger partial charge on any atom is -0.397 e. The first-order valence-electron chi connectivity index (χ1n) is 10.7. The van der Waals surface area contributed by atoms with Crippen LogP contribution in [0.15, 0.2) is 83.9 Å². The molecule has 5 N–H and O–H groups in total. The number of hydrogen-bond acceptors (Lipinski definition) is 7. The van der Waals surface area contributed by atoms with Crippen molar-refractivity contribution in [1.82, 2.24) is 4.98 Å². The molecule has 0 saturated carbocycles. The Balaban J connectivity index is 1.63. The zero-order valence-corrected chi connectivity index (χ0v) is 19.9. The van der Waals surface area contributed by atoms with Gasteiger partial charge in [0.2, 0.25) is 0 Å². The molecule has 1 heterocycles. The number of hydrogen-bond donors (Lipinski definition) is 4. The minimum absolute atomic E-state index is 0.244. The number of carbonyl (C=O) groups is 1. The molecule has 0 fully saturated rings. The average Bonchev–Trinajstić information content (AvgIpc) is 2.85. The average molecular weight is 489 g/mol. The van der Waals surface area contributed by atoms with E-state index in [1.807, 2.05) is 0 Å². The van der Waals surface area contributed by atoms with E-state index in [-0.39, 0.29) is 10.8 Å². The third kappa shape index (κ3) is 4.86. The molecule has 0 aliphatic carbocycles. The fourth-order valence-electron chi connectivity index (χ4n) is 3.85. The molecule has 0 unspecified atom stereocenters. The summed E-state index contributed by atoms with van der Waals surface area (Å²) in [7, 11) is -3.39. The van der Waals surface area contributed by atoms with Crippen LogP contribution in [0.4, 0.5) is 17.1 Å². The predicted molar refractivity (Wildman–Crippen MR) is 137 cm³/mol. The number of benzene rings is 3. The van der Waals surface area contributed by atoms with Crippen molar-refractivity contribution in [3.63, 3.8) is 0 Å². The van der Waals surface area contributed by atoms with Gasteiger partial charge in [-0.3, -0.25) is 20.5 Å². The lowest BCUT2D eigenvalue weighted by Gasteiger charge is -2.15. The molecule has 0 saturated heterocycles. The number of sulfone groups is 1. The van der Waals surface area contributed by atoms with Gasteiger partial charge in [-0.05, 0) is 54.4 Å². The summed E-state index contributed by atoms with van der Waals surface area (Å²) < 4.78 is 24.3. The molecule has 0 bridgehead atoms. The fourth-order valence-corrected chi connectivity index (χ4v) is 4.76. The van der Waals surface area contributed by atoms with Gasteiger partial charge in [0.15, 0.2) is 9.84 Å². The highest BCUT2D eigenvalue weighted by atomic mass is 32.2. The summed E-state index contributed by atoms with van der Waals surface area (Å²) in [6.45, 7) is 1.79. The normalized spacial score (nSPS) is 11.2. The van der Waals surface area contributed by atoms with Crippen molar-refractivity contribution in [2.45, 2.75) is 11.8 Å². The molecule has 1 aromatic heterocycles. The summed E-state index contributed by atoms with van der Waals surface area (Å²) >= 11 is 0. The van der Waals surface area contributed by atoms with Gasteiger partial charge in [0, 0.05) is 29.3 Å². The number of nitrogen functional groups attached to an aromatic ring is 1. The van der Waals surface area contributed by atoms with Gasteiger partial charge in [-0.1, -0.05) is 36.4 Å². The highest BCUT2D eigenvalue weighted by Crippen LogP contribution is 2.33. The van der Waals surface area contributed by atoms with Crippen LogP contribution in [0, 0.1) is 6.92 Å². The molecule has 0 spiro atoms. The lowest BCUT2D eigenvalue weighted by Crippen LogP contribution is -2.14. The Morgan fingerprint density at radius 3 is 2.34 bits per heavy atom. The number of anilines is 3. The summed E-state index contributed by atoms with van der Waals surface area (Å²) in [5.41, 5.74) is 12.9. The van der Waals surface area contributed by atoms with Crippen molar-refractivity contribution in [1.29, 1.82) is 0 Å². The summed E-state index contributed by atoms with van der Waals surface area (Å²) in [5.74, 6) is -0.361. The molecule has 0 radical (unpaired) electrons. The maximum absolute atomic E-state index is 13.2. The molecule has 3 aromatic carbocycles. The quantitative estimate of drug-likeness (QED) is 0.227. The molecule has 4 aromatic rings. The monoisotopic (exact) mass is 488 g/mol. The number of nitrogens with zero attached hydrogens (tertiary/aromatic N) is 1. The Morgan fingerprint density at radius 2 is 1.66 bits per heavy atom. The van der Waals surface area contributed by atoms with Crippen molar-refractivity contribution in [3.05, 3.63) is 90.1 Å². The van der Waals surface area contributed by atoms with Crippen LogP contribution in [-0.4, -0.2) is 30.8 Å². The van der Waals surface area contributed by atoms with Gasteiger partial charge >= 0.3 is 0 Å². The van der Waals surface area contributed by atoms with E-state index in [1.165, 1.54) is 6.26 Å². The molecule has 178 valence electrons. The lowest BCUT2D eigenvalue weighted by molar-refractivity contribution is 0.102. The molecule has 0 aliphatic heterocycles. The van der Waals surface area contributed by atoms with Crippen molar-refractivity contribution < 1.29 is 18.4 Å². The van der Waals surface area contributed by atoms with Gasteiger partial charge in [-0.15, -0.1) is 0 Å². The third-order valence-corrected chi connectivity index (χ3v) is 6.84. The van der Waals surface area contributed by atoms with Crippen LogP contribution in [0.5, 0.6) is 0 Å². The highest BCUT2D eigenvalue weighted by Gasteiger charge is 2.18. The number of nitrogens with one attached hydrogen (secondary N) is 2. The molecule has 0 aliphatic rings. The number of rotatable bonds is 6. The molecule has 35 heavy (non-hydrogen) atoms. The summed E-state index contributed by atoms with van der Waals surface area (Å²) in [5, 5.41) is 12.1. The van der Waals surface area contributed by atoms with Crippen molar-refractivity contribution in [2.24, 2.45) is 0 Å². The van der Waals surface area contributed by atoms with Crippen molar-refractivity contribution >= 4 is 32.8 Å². The summed E-state index contributed by atoms with van der Waals surface area (Å²) in [6.07, 6.45) is 2.77. The second-order valence-corrected chi connectivity index (χ2v) is 9.99. The Morgan fingerprint density at radius 1 is 0.943 bits per heavy atom. The smallest absolute Gasteiger partial charge is 0.257 e. The van der Waals surface area contributed by atoms with E-state index in [4.69, 9.17) is 5.73 Å². The molecule has 9 heteroatoms. The van der Waals surface area contributed by atoms with E-state index in [9.17, 15) is 18.4 Å². The topological polar surface area (TPSA) is 134 Å². The summed E-state index contributed by atoms with van der Waals surface area (Å²) in [4.78, 5) is 17.8. The standard InChI is InChI=1S/C26H24N4O4S/c1-16-19(13-14-22(30-32)24(16)27)25-21(7-5-15-28-25)26(31)29-18-11-9-17(10-12-18)20-6-3-4-8-23(20)35(2,33)34/h3-15,30,32H,27H2,1-2H3,(H,29,31). The van der Waals surface area contributed by atoms with Crippen LogP contribution in [0.25, 0.3) is 22.4 Å². The second-order valence-electron chi connectivity index (χ2n) is 8.01. The number of amides is 1. The molecular weight excluding hydrogens is 464 g/mol. The minimum atomic E-state index is -3.39. The fraction of sp³-hybridized carbons (Fsp3) is 0.0769. The third-order valence-electron chi connectivity index (χ3n) is 5.68. The van der Waals surface area contributed by atoms with Crippen molar-refractivity contribution in [2.75, 3.05) is 22.8 Å². The maximum atomic E-state index is 13.2. The number of aromatic nitrogens is 1. The van der Waals surface area contributed by atoms with E-state index in [0.29, 0.717) is 45.0 Å². The first-order valence-corrected chi connectivity index (χ1v) is 12.6. The van der Waals surface area contributed by atoms with Gasteiger partial charge in [-0.25, -0.2) is 8.42 Å². The van der Waals surface area contributed by atoms with E-state index >= 15 is 0 Å². The van der Waals surface area contributed by atoms with Gasteiger partial charge in [0.05, 0.1) is 27.5 Å². The van der Waals surface area contributed by atoms with E-state index in [1.54, 1.807) is 85.9 Å². The van der Waals surface area contributed by atoms with Crippen LogP contribution >= 0.6 is 0 Å². The van der Waals surface area contributed by atoms with Crippen LogP contribution in [0.3, 0.4) is 0 Å². The van der Waals surface area contributed by atoms with Gasteiger partial charge < -0.3 is 11.1 Å². The van der Waals surface area contributed by atoms with Crippen LogP contribution in [0.2, 0.25) is 0 Å². The first kappa shape index (κ1) is 23.9. The Kier molecular flexibility index (Phi) is 6.54. The largest absolute Gasteiger partial charge is 0.397 e. The molecule has 0 atom stereocenters. The molecule has 1 amide bonds. The molecule has 8 nitrogen and oxygen atoms in total. The van der Waals surface area contributed by atoms with E-state index in [2.05, 4.69) is 15.8 Å². The highest BCUT2D eigenvalue weighted by molar-refractivity contribution is 7.90. The Hall–Kier alpha value is -4.21. The number of pyridine rings is 1. The van der Waals surface area contributed by atoms with Crippen LogP contribution in [-0.2, 0) is 9.84 Å². The second kappa shape index (κ2) is 9.57. The predicted octanol–water partition coefficient (Wildman–Crippen LogP) is 4.76.